The smallest absolute Gasteiger partial charge is 0.264 e. The molecule has 0 aliphatic heterocycles. The van der Waals surface area contributed by atoms with E-state index in [9.17, 15) is 4.79 Å². The van der Waals surface area contributed by atoms with Crippen molar-refractivity contribution in [2.75, 3.05) is 0 Å². The molecule has 1 heterocycles. The molecule has 3 aromatic rings. The van der Waals surface area contributed by atoms with E-state index in [4.69, 9.17) is 9.26 Å². The van der Waals surface area contributed by atoms with Crippen molar-refractivity contribution in [3.05, 3.63) is 66.1 Å². The van der Waals surface area contributed by atoms with Crippen LogP contribution in [0.2, 0.25) is 0 Å². The van der Waals surface area contributed by atoms with Crippen LogP contribution in [0.25, 0.3) is 11.4 Å². The number of ether oxygens (including phenoxy) is 1. The van der Waals surface area contributed by atoms with Crippen LogP contribution in [0, 0.1) is 0 Å². The molecular weight excluding hydrogens is 268 g/mol. The van der Waals surface area contributed by atoms with Crippen LogP contribution in [0.1, 0.15) is 16.2 Å². The third-order valence-corrected chi connectivity index (χ3v) is 2.86. The first-order valence-corrected chi connectivity index (χ1v) is 6.41. The zero-order valence-corrected chi connectivity index (χ0v) is 11.1. The minimum Gasteiger partial charge on any atom is -0.484 e. The average Bonchev–Trinajstić information content (AvgIpc) is 3.03. The monoisotopic (exact) mass is 280 g/mol. The fourth-order valence-electron chi connectivity index (χ4n) is 1.84. The highest BCUT2D eigenvalue weighted by Crippen LogP contribution is 2.17. The molecule has 104 valence electrons. The van der Waals surface area contributed by atoms with Crippen LogP contribution in [-0.2, 0) is 6.61 Å². The minimum absolute atomic E-state index is 0.155. The van der Waals surface area contributed by atoms with Gasteiger partial charge in [-0.1, -0.05) is 47.6 Å². The highest BCUT2D eigenvalue weighted by molar-refractivity contribution is 5.75. The summed E-state index contributed by atoms with van der Waals surface area (Å²) >= 11 is 0. The second-order valence-corrected chi connectivity index (χ2v) is 4.36. The van der Waals surface area contributed by atoms with Gasteiger partial charge in [0.1, 0.15) is 12.0 Å². The maximum Gasteiger partial charge on any atom is 0.264 e. The molecule has 0 amide bonds. The predicted octanol–water partition coefficient (Wildman–Crippen LogP) is 3.13. The fraction of sp³-hybridized carbons (Fsp3) is 0.0625. The standard InChI is InChI=1S/C16H12N2O3/c19-10-12-5-4-8-14(9-12)20-11-15-17-16(18-21-15)13-6-2-1-3-7-13/h1-10H,11H2. The largest absolute Gasteiger partial charge is 0.484 e. The number of aromatic nitrogens is 2. The van der Waals surface area contributed by atoms with E-state index in [0.29, 0.717) is 23.0 Å². The molecule has 3 rings (SSSR count). The van der Waals surface area contributed by atoms with Crippen LogP contribution in [-0.4, -0.2) is 16.4 Å². The molecule has 0 aliphatic carbocycles. The quantitative estimate of drug-likeness (QED) is 0.672. The summed E-state index contributed by atoms with van der Waals surface area (Å²) in [6, 6.07) is 16.4. The van der Waals surface area contributed by atoms with E-state index < -0.39 is 0 Å². The van der Waals surface area contributed by atoms with Crippen molar-refractivity contribution in [2.24, 2.45) is 0 Å². The highest BCUT2D eigenvalue weighted by Gasteiger charge is 2.08. The van der Waals surface area contributed by atoms with Crippen molar-refractivity contribution in [1.29, 1.82) is 0 Å². The zero-order valence-electron chi connectivity index (χ0n) is 11.1. The summed E-state index contributed by atoms with van der Waals surface area (Å²) in [5.41, 5.74) is 1.44. The maximum atomic E-state index is 10.7. The number of benzene rings is 2. The number of hydrogen-bond acceptors (Lipinski definition) is 5. The SMILES string of the molecule is O=Cc1cccc(OCc2nc(-c3ccccc3)no2)c1. The number of hydrogen-bond donors (Lipinski definition) is 0. The van der Waals surface area contributed by atoms with Crippen molar-refractivity contribution < 1.29 is 14.1 Å². The molecule has 5 nitrogen and oxygen atoms in total. The number of carbonyl (C=O) groups excluding carboxylic acids is 1. The van der Waals surface area contributed by atoms with Gasteiger partial charge in [0.05, 0.1) is 0 Å². The molecule has 0 saturated heterocycles. The topological polar surface area (TPSA) is 65.2 Å². The van der Waals surface area contributed by atoms with Gasteiger partial charge in [-0.3, -0.25) is 4.79 Å². The van der Waals surface area contributed by atoms with Crippen molar-refractivity contribution in [3.8, 4) is 17.1 Å². The van der Waals surface area contributed by atoms with E-state index in [-0.39, 0.29) is 6.61 Å². The minimum atomic E-state index is 0.155. The Morgan fingerprint density at radius 3 is 2.76 bits per heavy atom. The Morgan fingerprint density at radius 2 is 1.95 bits per heavy atom. The highest BCUT2D eigenvalue weighted by atomic mass is 16.5. The molecule has 0 bridgehead atoms. The Kier molecular flexibility index (Phi) is 3.73. The maximum absolute atomic E-state index is 10.7. The van der Waals surface area contributed by atoms with Gasteiger partial charge in [-0.05, 0) is 12.1 Å². The third-order valence-electron chi connectivity index (χ3n) is 2.86. The lowest BCUT2D eigenvalue weighted by Crippen LogP contribution is -1.96. The zero-order chi connectivity index (χ0) is 14.5. The molecule has 0 N–H and O–H groups in total. The lowest BCUT2D eigenvalue weighted by molar-refractivity contribution is 0.112. The van der Waals surface area contributed by atoms with Crippen LogP contribution in [0.15, 0.2) is 59.1 Å². The van der Waals surface area contributed by atoms with Crippen LogP contribution in [0.4, 0.5) is 0 Å². The van der Waals surface area contributed by atoms with Gasteiger partial charge in [-0.15, -0.1) is 0 Å². The molecule has 21 heavy (non-hydrogen) atoms. The summed E-state index contributed by atoms with van der Waals surface area (Å²) in [5.74, 6) is 1.49. The molecule has 0 saturated carbocycles. The summed E-state index contributed by atoms with van der Waals surface area (Å²) in [7, 11) is 0. The molecule has 0 atom stereocenters. The third kappa shape index (κ3) is 3.14. The van der Waals surface area contributed by atoms with Gasteiger partial charge >= 0.3 is 0 Å². The Hall–Kier alpha value is -2.95. The van der Waals surface area contributed by atoms with Crippen LogP contribution in [0.3, 0.4) is 0 Å². The van der Waals surface area contributed by atoms with Gasteiger partial charge in [-0.2, -0.15) is 4.98 Å². The molecule has 0 aliphatic rings. The van der Waals surface area contributed by atoms with Crippen LogP contribution in [0.5, 0.6) is 5.75 Å². The average molecular weight is 280 g/mol. The molecule has 1 aromatic heterocycles. The molecule has 0 radical (unpaired) electrons. The first-order chi connectivity index (χ1) is 10.3. The molecule has 5 heteroatoms. The van der Waals surface area contributed by atoms with Gasteiger partial charge < -0.3 is 9.26 Å². The first-order valence-electron chi connectivity index (χ1n) is 6.41. The Balaban J connectivity index is 1.69. The van der Waals surface area contributed by atoms with E-state index in [1.807, 2.05) is 30.3 Å². The first kappa shape index (κ1) is 13.1. The van der Waals surface area contributed by atoms with Crippen molar-refractivity contribution in [3.63, 3.8) is 0 Å². The molecule has 2 aromatic carbocycles. The Morgan fingerprint density at radius 1 is 1.10 bits per heavy atom. The lowest BCUT2D eigenvalue weighted by Gasteiger charge is -2.02. The van der Waals surface area contributed by atoms with Crippen LogP contribution >= 0.6 is 0 Å². The number of carbonyl (C=O) groups is 1. The number of rotatable bonds is 5. The molecular formula is C16H12N2O3. The van der Waals surface area contributed by atoms with E-state index in [2.05, 4.69) is 10.1 Å². The number of aldehydes is 1. The normalized spacial score (nSPS) is 10.3. The molecule has 0 fully saturated rings. The summed E-state index contributed by atoms with van der Waals surface area (Å²) in [4.78, 5) is 15.0. The van der Waals surface area contributed by atoms with E-state index in [0.717, 1.165) is 11.8 Å². The predicted molar refractivity (Wildman–Crippen MR) is 75.9 cm³/mol. The van der Waals surface area contributed by atoms with Gasteiger partial charge in [0.25, 0.3) is 5.89 Å². The summed E-state index contributed by atoms with van der Waals surface area (Å²) < 4.78 is 10.7. The van der Waals surface area contributed by atoms with Crippen molar-refractivity contribution >= 4 is 6.29 Å². The molecule has 0 spiro atoms. The summed E-state index contributed by atoms with van der Waals surface area (Å²) in [6.45, 7) is 0.155. The summed E-state index contributed by atoms with van der Waals surface area (Å²) in [6.07, 6.45) is 0.771. The lowest BCUT2D eigenvalue weighted by atomic mass is 10.2. The Labute approximate surface area is 121 Å². The Bertz CT molecular complexity index is 738. The van der Waals surface area contributed by atoms with Crippen molar-refractivity contribution in [1.82, 2.24) is 10.1 Å². The molecule has 0 unspecified atom stereocenters. The van der Waals surface area contributed by atoms with E-state index in [1.54, 1.807) is 24.3 Å². The second-order valence-electron chi connectivity index (χ2n) is 4.36. The van der Waals surface area contributed by atoms with E-state index >= 15 is 0 Å². The van der Waals surface area contributed by atoms with E-state index in [1.165, 1.54) is 0 Å². The number of nitrogens with zero attached hydrogens (tertiary/aromatic N) is 2. The van der Waals surface area contributed by atoms with Gasteiger partial charge in [-0.25, -0.2) is 0 Å². The van der Waals surface area contributed by atoms with Crippen LogP contribution < -0.4 is 4.74 Å². The second kappa shape index (κ2) is 6.00. The van der Waals surface area contributed by atoms with Gasteiger partial charge in [0.15, 0.2) is 6.61 Å². The van der Waals surface area contributed by atoms with Crippen molar-refractivity contribution in [2.45, 2.75) is 6.61 Å². The van der Waals surface area contributed by atoms with Gasteiger partial charge in [0.2, 0.25) is 5.82 Å². The fourth-order valence-corrected chi connectivity index (χ4v) is 1.84. The van der Waals surface area contributed by atoms with Gasteiger partial charge in [0, 0.05) is 11.1 Å². The summed E-state index contributed by atoms with van der Waals surface area (Å²) in [5, 5.41) is 3.91.